The first-order valence-corrected chi connectivity index (χ1v) is 13.0. The van der Waals surface area contributed by atoms with Crippen molar-refractivity contribution < 1.29 is 30.4 Å². The van der Waals surface area contributed by atoms with Crippen LogP contribution in [0.15, 0.2) is 77.7 Å². The molecule has 0 saturated heterocycles. The lowest BCUT2D eigenvalue weighted by Gasteiger charge is -2.24. The van der Waals surface area contributed by atoms with Crippen molar-refractivity contribution in [1.29, 1.82) is 0 Å². The minimum atomic E-state index is -4.32. The van der Waals surface area contributed by atoms with Crippen LogP contribution in [-0.4, -0.2) is 42.6 Å². The molecule has 3 rings (SSSR count). The summed E-state index contributed by atoms with van der Waals surface area (Å²) in [7, 11) is -6.50. The molecule has 3 aromatic rings. The number of benzene rings is 3. The Morgan fingerprint density at radius 3 is 1.97 bits per heavy atom. The highest BCUT2D eigenvalue weighted by molar-refractivity contribution is 7.93. The molecule has 0 aromatic heterocycles. The van der Waals surface area contributed by atoms with Crippen LogP contribution in [-0.2, 0) is 24.8 Å². The number of nitrogens with one attached hydrogen (secondary N) is 1. The van der Waals surface area contributed by atoms with Gasteiger partial charge in [0.15, 0.2) is 0 Å². The lowest BCUT2D eigenvalue weighted by atomic mass is 10.2. The van der Waals surface area contributed by atoms with E-state index in [0.717, 1.165) is 51.3 Å². The standard InChI is InChI=1S/C22H21F2N3O5S2/c1-26(33(2,29)30)20-5-3-4-18(14-20)25-22(28)15-27(19-10-6-16(23)7-11-19)34(31,32)21-12-8-17(24)9-13-21/h3-14H,15H2,1-2H3,(H,25,28). The summed E-state index contributed by atoms with van der Waals surface area (Å²) in [6, 6.07) is 14.5. The Labute approximate surface area is 196 Å². The zero-order chi connectivity index (χ0) is 25.1. The number of hydrogen-bond acceptors (Lipinski definition) is 5. The normalized spacial score (nSPS) is 11.6. The van der Waals surface area contributed by atoms with Crippen LogP contribution in [0.2, 0.25) is 0 Å². The molecule has 0 saturated carbocycles. The van der Waals surface area contributed by atoms with Crippen molar-refractivity contribution >= 4 is 43.0 Å². The Hall–Kier alpha value is -3.51. The van der Waals surface area contributed by atoms with Crippen molar-refractivity contribution in [1.82, 2.24) is 0 Å². The monoisotopic (exact) mass is 509 g/mol. The number of nitrogens with zero attached hydrogens (tertiary/aromatic N) is 2. The van der Waals surface area contributed by atoms with E-state index in [9.17, 15) is 30.4 Å². The van der Waals surface area contributed by atoms with E-state index >= 15 is 0 Å². The predicted octanol–water partition coefficient (Wildman–Crippen LogP) is 3.19. The van der Waals surface area contributed by atoms with Gasteiger partial charge in [0.1, 0.15) is 18.2 Å². The van der Waals surface area contributed by atoms with Crippen LogP contribution in [0.3, 0.4) is 0 Å². The van der Waals surface area contributed by atoms with E-state index < -0.39 is 44.1 Å². The molecular formula is C22H21F2N3O5S2. The van der Waals surface area contributed by atoms with E-state index in [1.165, 1.54) is 43.4 Å². The van der Waals surface area contributed by atoms with Crippen molar-refractivity contribution in [2.75, 3.05) is 33.8 Å². The van der Waals surface area contributed by atoms with Gasteiger partial charge in [-0.2, -0.15) is 0 Å². The second-order valence-corrected chi connectivity index (χ2v) is 11.1. The van der Waals surface area contributed by atoms with Gasteiger partial charge in [0.2, 0.25) is 15.9 Å². The second kappa shape index (κ2) is 9.77. The molecule has 3 aromatic carbocycles. The first-order chi connectivity index (χ1) is 15.9. The molecule has 34 heavy (non-hydrogen) atoms. The summed E-state index contributed by atoms with van der Waals surface area (Å²) in [5.74, 6) is -1.97. The van der Waals surface area contributed by atoms with E-state index in [4.69, 9.17) is 0 Å². The maximum atomic E-state index is 13.4. The van der Waals surface area contributed by atoms with E-state index in [1.54, 1.807) is 0 Å². The fourth-order valence-electron chi connectivity index (χ4n) is 2.96. The molecule has 8 nitrogen and oxygen atoms in total. The van der Waals surface area contributed by atoms with E-state index in [2.05, 4.69) is 5.32 Å². The number of carbonyl (C=O) groups excluding carboxylic acids is 1. The third-order valence-corrected chi connectivity index (χ3v) is 7.79. The second-order valence-electron chi connectivity index (χ2n) is 7.27. The average Bonchev–Trinajstić information content (AvgIpc) is 2.77. The van der Waals surface area contributed by atoms with Crippen LogP contribution < -0.4 is 13.9 Å². The molecule has 0 aliphatic carbocycles. The first-order valence-electron chi connectivity index (χ1n) is 9.75. The fraction of sp³-hybridized carbons (Fsp3) is 0.136. The molecule has 0 fully saturated rings. The lowest BCUT2D eigenvalue weighted by molar-refractivity contribution is -0.114. The van der Waals surface area contributed by atoms with E-state index in [1.807, 2.05) is 0 Å². The fourth-order valence-corrected chi connectivity index (χ4v) is 4.88. The van der Waals surface area contributed by atoms with Crippen LogP contribution in [0.5, 0.6) is 0 Å². The van der Waals surface area contributed by atoms with E-state index in [-0.39, 0.29) is 22.0 Å². The maximum Gasteiger partial charge on any atom is 0.264 e. The van der Waals surface area contributed by atoms with Gasteiger partial charge in [-0.15, -0.1) is 0 Å². The molecule has 0 radical (unpaired) electrons. The Balaban J connectivity index is 1.91. The maximum absolute atomic E-state index is 13.4. The number of sulfonamides is 2. The van der Waals surface area contributed by atoms with E-state index in [0.29, 0.717) is 0 Å². The summed E-state index contributed by atoms with van der Waals surface area (Å²) in [5.41, 5.74) is 0.539. The lowest BCUT2D eigenvalue weighted by Crippen LogP contribution is -2.38. The third-order valence-electron chi connectivity index (χ3n) is 4.79. The molecule has 0 aliphatic rings. The van der Waals surface area contributed by atoms with Crippen LogP contribution in [0.1, 0.15) is 0 Å². The van der Waals surface area contributed by atoms with Gasteiger partial charge in [-0.1, -0.05) is 6.07 Å². The zero-order valence-corrected chi connectivity index (χ0v) is 19.8. The molecule has 0 unspecified atom stereocenters. The van der Waals surface area contributed by atoms with Crippen LogP contribution >= 0.6 is 0 Å². The first kappa shape index (κ1) is 25.1. The number of anilines is 3. The number of amides is 1. The summed E-state index contributed by atoms with van der Waals surface area (Å²) >= 11 is 0. The number of halogens is 2. The van der Waals surface area contributed by atoms with Gasteiger partial charge in [0.05, 0.1) is 22.5 Å². The Bertz CT molecular complexity index is 1400. The molecule has 1 amide bonds. The highest BCUT2D eigenvalue weighted by Gasteiger charge is 2.27. The molecule has 0 spiro atoms. The molecule has 0 atom stereocenters. The quantitative estimate of drug-likeness (QED) is 0.502. The van der Waals surface area contributed by atoms with Crippen molar-refractivity contribution in [3.8, 4) is 0 Å². The number of hydrogen-bond donors (Lipinski definition) is 1. The summed E-state index contributed by atoms with van der Waals surface area (Å²) in [4.78, 5) is 12.5. The van der Waals surface area contributed by atoms with Gasteiger partial charge in [-0.3, -0.25) is 13.4 Å². The van der Waals surface area contributed by atoms with Gasteiger partial charge in [-0.05, 0) is 66.7 Å². The minimum Gasteiger partial charge on any atom is -0.324 e. The van der Waals surface area contributed by atoms with Crippen molar-refractivity contribution in [2.24, 2.45) is 0 Å². The van der Waals surface area contributed by atoms with Gasteiger partial charge in [0, 0.05) is 12.7 Å². The van der Waals surface area contributed by atoms with Gasteiger partial charge < -0.3 is 5.32 Å². The molecule has 12 heteroatoms. The number of rotatable bonds is 8. The number of carbonyl (C=O) groups is 1. The van der Waals surface area contributed by atoms with Crippen molar-refractivity contribution in [3.63, 3.8) is 0 Å². The Morgan fingerprint density at radius 2 is 1.41 bits per heavy atom. The zero-order valence-electron chi connectivity index (χ0n) is 18.1. The predicted molar refractivity (Wildman–Crippen MR) is 126 cm³/mol. The van der Waals surface area contributed by atoms with Gasteiger partial charge in [-0.25, -0.2) is 25.6 Å². The topological polar surface area (TPSA) is 104 Å². The summed E-state index contributed by atoms with van der Waals surface area (Å²) in [6.45, 7) is -0.683. The summed E-state index contributed by atoms with van der Waals surface area (Å²) in [6.07, 6.45) is 1.03. The summed E-state index contributed by atoms with van der Waals surface area (Å²) in [5, 5.41) is 2.53. The Morgan fingerprint density at radius 1 is 0.853 bits per heavy atom. The molecular weight excluding hydrogens is 488 g/mol. The Kier molecular flexibility index (Phi) is 7.22. The van der Waals surface area contributed by atoms with Gasteiger partial charge >= 0.3 is 0 Å². The average molecular weight is 510 g/mol. The molecule has 0 bridgehead atoms. The minimum absolute atomic E-state index is 0.0198. The van der Waals surface area contributed by atoms with Crippen LogP contribution in [0.25, 0.3) is 0 Å². The smallest absolute Gasteiger partial charge is 0.264 e. The molecule has 1 N–H and O–H groups in total. The molecule has 0 aliphatic heterocycles. The van der Waals surface area contributed by atoms with Crippen molar-refractivity contribution in [2.45, 2.75) is 4.90 Å². The third kappa shape index (κ3) is 5.88. The van der Waals surface area contributed by atoms with Crippen molar-refractivity contribution in [3.05, 3.63) is 84.4 Å². The highest BCUT2D eigenvalue weighted by atomic mass is 32.2. The highest BCUT2D eigenvalue weighted by Crippen LogP contribution is 2.25. The SMILES string of the molecule is CN(c1cccc(NC(=O)CN(c2ccc(F)cc2)S(=O)(=O)c2ccc(F)cc2)c1)S(C)(=O)=O. The summed E-state index contributed by atoms with van der Waals surface area (Å²) < 4.78 is 78.5. The van der Waals surface area contributed by atoms with Gasteiger partial charge in [0.25, 0.3) is 10.0 Å². The van der Waals surface area contributed by atoms with Crippen LogP contribution in [0, 0.1) is 11.6 Å². The molecule has 0 heterocycles. The van der Waals surface area contributed by atoms with Crippen LogP contribution in [0.4, 0.5) is 25.8 Å². The molecule has 180 valence electrons. The largest absolute Gasteiger partial charge is 0.324 e.